The molecule has 44 heavy (non-hydrogen) atoms. The van der Waals surface area contributed by atoms with Gasteiger partial charge in [-0.25, -0.2) is 0 Å². The summed E-state index contributed by atoms with van der Waals surface area (Å²) in [5.74, 6) is -0.0922. The molecule has 6 rings (SSSR count). The lowest BCUT2D eigenvalue weighted by Gasteiger charge is -2.38. The van der Waals surface area contributed by atoms with Crippen molar-refractivity contribution in [1.82, 2.24) is 10.2 Å². The quantitative estimate of drug-likeness (QED) is 0.216. The molecule has 228 valence electrons. The van der Waals surface area contributed by atoms with Crippen LogP contribution in [-0.4, -0.2) is 52.9 Å². The second kappa shape index (κ2) is 14.3. The van der Waals surface area contributed by atoms with Crippen LogP contribution < -0.4 is 5.32 Å². The number of ether oxygens (including phenoxy) is 2. The van der Waals surface area contributed by atoms with Gasteiger partial charge in [0.15, 0.2) is 6.29 Å². The third-order valence-corrected chi connectivity index (χ3v) is 8.70. The summed E-state index contributed by atoms with van der Waals surface area (Å²) in [6.07, 6.45) is 2.09. The Morgan fingerprint density at radius 2 is 1.59 bits per heavy atom. The van der Waals surface area contributed by atoms with Gasteiger partial charge in [0.2, 0.25) is 0 Å². The molecule has 4 aromatic carbocycles. The van der Waals surface area contributed by atoms with Crippen molar-refractivity contribution in [3.05, 3.63) is 131 Å². The SMILES string of the molecule is O=C(NCc1cccc(-c2ccc([C@H]3O[C@@H](CN4CCC[C@H]4CO)C[C@@H](c4ccc(CO)cc4)O3)cc2)c1)c1ccccc1. The molecule has 7 heteroatoms. The molecule has 0 radical (unpaired) electrons. The number of amides is 1. The Labute approximate surface area is 259 Å². The van der Waals surface area contributed by atoms with Crippen molar-refractivity contribution in [2.45, 2.75) is 57.0 Å². The van der Waals surface area contributed by atoms with Crippen LogP contribution >= 0.6 is 0 Å². The Morgan fingerprint density at radius 1 is 0.818 bits per heavy atom. The number of carbonyl (C=O) groups is 1. The largest absolute Gasteiger partial charge is 0.395 e. The van der Waals surface area contributed by atoms with Crippen LogP contribution in [0, 0.1) is 0 Å². The molecular weight excluding hydrogens is 552 g/mol. The summed E-state index contributed by atoms with van der Waals surface area (Å²) in [7, 11) is 0. The average Bonchev–Trinajstić information content (AvgIpc) is 3.54. The molecule has 4 aromatic rings. The highest BCUT2D eigenvalue weighted by atomic mass is 16.7. The Balaban J connectivity index is 1.16. The summed E-state index contributed by atoms with van der Waals surface area (Å²) in [6.45, 7) is 2.34. The number of nitrogens with zero attached hydrogens (tertiary/aromatic N) is 1. The molecule has 0 aromatic heterocycles. The van der Waals surface area contributed by atoms with E-state index in [1.807, 2.05) is 66.7 Å². The van der Waals surface area contributed by atoms with Crippen molar-refractivity contribution in [2.24, 2.45) is 0 Å². The van der Waals surface area contributed by atoms with E-state index in [1.54, 1.807) is 0 Å². The Morgan fingerprint density at radius 3 is 2.34 bits per heavy atom. The fourth-order valence-electron chi connectivity index (χ4n) is 6.20. The van der Waals surface area contributed by atoms with E-state index in [0.29, 0.717) is 12.1 Å². The predicted molar refractivity (Wildman–Crippen MR) is 170 cm³/mol. The van der Waals surface area contributed by atoms with Crippen molar-refractivity contribution >= 4 is 5.91 Å². The third kappa shape index (κ3) is 7.26. The molecule has 7 nitrogen and oxygen atoms in total. The first-order chi connectivity index (χ1) is 21.6. The molecule has 4 atom stereocenters. The van der Waals surface area contributed by atoms with E-state index in [2.05, 4.69) is 46.6 Å². The summed E-state index contributed by atoms with van der Waals surface area (Å²) in [5, 5.41) is 22.4. The first-order valence-electron chi connectivity index (χ1n) is 15.5. The smallest absolute Gasteiger partial charge is 0.251 e. The predicted octanol–water partition coefficient (Wildman–Crippen LogP) is 5.78. The van der Waals surface area contributed by atoms with Crippen LogP contribution in [0.4, 0.5) is 0 Å². The molecule has 0 aliphatic carbocycles. The lowest BCUT2D eigenvalue weighted by atomic mass is 9.98. The number of rotatable bonds is 10. The normalized spacial score (nSPS) is 22.1. The minimum Gasteiger partial charge on any atom is -0.395 e. The number of benzene rings is 4. The zero-order chi connectivity index (χ0) is 30.3. The zero-order valence-corrected chi connectivity index (χ0v) is 24.8. The van der Waals surface area contributed by atoms with E-state index in [9.17, 15) is 15.0 Å². The van der Waals surface area contributed by atoms with Crippen LogP contribution in [0.15, 0.2) is 103 Å². The van der Waals surface area contributed by atoms with Gasteiger partial charge in [-0.2, -0.15) is 0 Å². The van der Waals surface area contributed by atoms with Crippen LogP contribution in [0.1, 0.15) is 64.3 Å². The van der Waals surface area contributed by atoms with Crippen LogP contribution in [0.25, 0.3) is 11.1 Å². The summed E-state index contributed by atoms with van der Waals surface area (Å²) in [5.41, 5.74) is 6.68. The molecule has 2 saturated heterocycles. The van der Waals surface area contributed by atoms with Gasteiger partial charge in [-0.05, 0) is 65.4 Å². The third-order valence-electron chi connectivity index (χ3n) is 8.70. The molecule has 2 aliphatic rings. The number of hydrogen-bond acceptors (Lipinski definition) is 6. The number of aliphatic hydroxyl groups is 2. The molecule has 0 unspecified atom stereocenters. The maximum Gasteiger partial charge on any atom is 0.251 e. The Kier molecular flexibility index (Phi) is 9.80. The second-order valence-electron chi connectivity index (χ2n) is 11.7. The van der Waals surface area contributed by atoms with Crippen LogP contribution in [-0.2, 0) is 22.6 Å². The summed E-state index contributed by atoms with van der Waals surface area (Å²) >= 11 is 0. The van der Waals surface area contributed by atoms with Gasteiger partial charge in [0.1, 0.15) is 0 Å². The fraction of sp³-hybridized carbons (Fsp3) is 0.324. The molecule has 1 amide bonds. The number of nitrogens with one attached hydrogen (secondary N) is 1. The van der Waals surface area contributed by atoms with Crippen LogP contribution in [0.2, 0.25) is 0 Å². The molecule has 0 spiro atoms. The van der Waals surface area contributed by atoms with Crippen molar-refractivity contribution in [3.8, 4) is 11.1 Å². The van der Waals surface area contributed by atoms with E-state index in [0.717, 1.165) is 65.7 Å². The molecule has 0 saturated carbocycles. The Bertz CT molecular complexity index is 1510. The van der Waals surface area contributed by atoms with Crippen molar-refractivity contribution in [3.63, 3.8) is 0 Å². The molecule has 3 N–H and O–H groups in total. The van der Waals surface area contributed by atoms with Gasteiger partial charge in [-0.1, -0.05) is 84.9 Å². The van der Waals surface area contributed by atoms with Crippen molar-refractivity contribution in [2.75, 3.05) is 19.7 Å². The van der Waals surface area contributed by atoms with Gasteiger partial charge < -0.3 is 25.0 Å². The first kappa shape index (κ1) is 30.2. The van der Waals surface area contributed by atoms with E-state index < -0.39 is 6.29 Å². The number of aliphatic hydroxyl groups excluding tert-OH is 2. The van der Waals surface area contributed by atoms with Gasteiger partial charge in [-0.3, -0.25) is 9.69 Å². The van der Waals surface area contributed by atoms with E-state index in [4.69, 9.17) is 9.47 Å². The molecule has 2 aliphatic heterocycles. The van der Waals surface area contributed by atoms with Gasteiger partial charge in [0.05, 0.1) is 25.4 Å². The zero-order valence-electron chi connectivity index (χ0n) is 24.8. The lowest BCUT2D eigenvalue weighted by Crippen LogP contribution is -2.42. The van der Waals surface area contributed by atoms with Gasteiger partial charge in [0.25, 0.3) is 5.91 Å². The van der Waals surface area contributed by atoms with Gasteiger partial charge in [0, 0.05) is 36.7 Å². The highest BCUT2D eigenvalue weighted by molar-refractivity contribution is 5.94. The van der Waals surface area contributed by atoms with Crippen molar-refractivity contribution in [1.29, 1.82) is 0 Å². The summed E-state index contributed by atoms with van der Waals surface area (Å²) < 4.78 is 13.1. The minimum atomic E-state index is -0.528. The summed E-state index contributed by atoms with van der Waals surface area (Å²) in [4.78, 5) is 14.8. The van der Waals surface area contributed by atoms with Crippen LogP contribution in [0.3, 0.4) is 0 Å². The lowest BCUT2D eigenvalue weighted by molar-refractivity contribution is -0.253. The monoisotopic (exact) mass is 592 g/mol. The molecule has 0 bridgehead atoms. The molecule has 2 fully saturated rings. The maximum atomic E-state index is 12.5. The average molecular weight is 593 g/mol. The first-order valence-corrected chi connectivity index (χ1v) is 15.5. The van der Waals surface area contributed by atoms with Gasteiger partial charge in [-0.15, -0.1) is 0 Å². The van der Waals surface area contributed by atoms with Crippen molar-refractivity contribution < 1.29 is 24.5 Å². The van der Waals surface area contributed by atoms with E-state index >= 15 is 0 Å². The topological polar surface area (TPSA) is 91.3 Å². The molecule has 2 heterocycles. The standard InChI is InChI=1S/C37H40N2O5/c40-24-26-11-13-29(14-12-26)35-21-34(23-39-19-5-10-33(39)25-41)43-37(44-35)31-17-15-28(16-18-31)32-9-4-6-27(20-32)22-38-36(42)30-7-2-1-3-8-30/h1-4,6-9,11-18,20,33-35,37,40-41H,5,10,19,21-25H2,(H,38,42)/t33-,34+,35-,37-/m0/s1. The number of hydrogen-bond donors (Lipinski definition) is 3. The summed E-state index contributed by atoms with van der Waals surface area (Å²) in [6, 6.07) is 33.8. The highest BCUT2D eigenvalue weighted by Crippen LogP contribution is 2.39. The van der Waals surface area contributed by atoms with E-state index in [-0.39, 0.29) is 37.4 Å². The highest BCUT2D eigenvalue weighted by Gasteiger charge is 2.35. The number of likely N-dealkylation sites (tertiary alicyclic amines) is 1. The maximum absolute atomic E-state index is 12.5. The minimum absolute atomic E-state index is 0.00918. The Hall–Kier alpha value is -3.85. The van der Waals surface area contributed by atoms with Gasteiger partial charge >= 0.3 is 0 Å². The van der Waals surface area contributed by atoms with E-state index in [1.165, 1.54) is 0 Å². The number of carbonyl (C=O) groups excluding carboxylic acids is 1. The van der Waals surface area contributed by atoms with Crippen LogP contribution in [0.5, 0.6) is 0 Å². The second-order valence-corrected chi connectivity index (χ2v) is 11.7. The fourth-order valence-corrected chi connectivity index (χ4v) is 6.20. The molecular formula is C37H40N2O5.